The van der Waals surface area contributed by atoms with Gasteiger partial charge in [0, 0.05) is 5.95 Å². The number of carboxylic acids is 1. The van der Waals surface area contributed by atoms with E-state index in [-0.39, 0.29) is 6.08 Å². The first kappa shape index (κ1) is 7.77. The zero-order chi connectivity index (χ0) is 7.44. The average Bonchev–Trinajstić information content (AvgIpc) is 1.63. The second kappa shape index (κ2) is 2.93. The normalized spacial score (nSPS) is 15.0. The van der Waals surface area contributed by atoms with Gasteiger partial charge in [0.2, 0.25) is 0 Å². The van der Waals surface area contributed by atoms with Gasteiger partial charge in [-0.05, 0) is 6.08 Å². The third-order valence-electron chi connectivity index (χ3n) is 0.542. The van der Waals surface area contributed by atoms with Gasteiger partial charge in [0.05, 0.1) is 5.97 Å². The topological polar surface area (TPSA) is 104 Å². The van der Waals surface area contributed by atoms with E-state index >= 15 is 0 Å². The Bertz CT molecular complexity index is 134. The zero-order valence-corrected chi connectivity index (χ0v) is 4.27. The Morgan fingerprint density at radius 1 is 1.56 bits per heavy atom. The van der Waals surface area contributed by atoms with Crippen LogP contribution in [0.2, 0.25) is 0 Å². The molecule has 9 heavy (non-hydrogen) atoms. The van der Waals surface area contributed by atoms with Gasteiger partial charge in [-0.15, -0.1) is 0 Å². The monoisotopic (exact) mass is 132 g/mol. The molecule has 5 heteroatoms. The summed E-state index contributed by atoms with van der Waals surface area (Å²) in [7, 11) is 0. The zero-order valence-electron chi connectivity index (χ0n) is 4.27. The third-order valence-corrected chi connectivity index (χ3v) is 0.542. The SMILES string of the molecule is O=C([O-])[C@H](O)/C=C(/[O-])O. The molecule has 0 aliphatic carbocycles. The highest BCUT2D eigenvalue weighted by Gasteiger charge is 1.96. The van der Waals surface area contributed by atoms with Gasteiger partial charge in [-0.25, -0.2) is 0 Å². The maximum Gasteiger partial charge on any atom is 0.113 e. The van der Waals surface area contributed by atoms with Crippen LogP contribution in [0.5, 0.6) is 0 Å². The maximum atomic E-state index is 9.61. The van der Waals surface area contributed by atoms with E-state index in [2.05, 4.69) is 0 Å². The predicted octanol–water partition coefficient (Wildman–Crippen LogP) is -3.14. The summed E-state index contributed by atoms with van der Waals surface area (Å²) in [4.78, 5) is 9.58. The van der Waals surface area contributed by atoms with Gasteiger partial charge < -0.3 is 25.2 Å². The number of hydrogen-bond acceptors (Lipinski definition) is 5. The second-order valence-corrected chi connectivity index (χ2v) is 1.27. The summed E-state index contributed by atoms with van der Waals surface area (Å²) in [6, 6.07) is 0. The first-order valence-electron chi connectivity index (χ1n) is 2.00. The summed E-state index contributed by atoms with van der Waals surface area (Å²) < 4.78 is 0. The fraction of sp³-hybridized carbons (Fsp3) is 0.250. The minimum Gasteiger partial charge on any atom is -0.629 e. The van der Waals surface area contributed by atoms with Crippen molar-refractivity contribution in [2.24, 2.45) is 0 Å². The minimum atomic E-state index is -2.03. The number of rotatable bonds is 2. The van der Waals surface area contributed by atoms with Crippen LogP contribution in [0.4, 0.5) is 0 Å². The lowest BCUT2D eigenvalue weighted by molar-refractivity contribution is -0.350. The maximum absolute atomic E-state index is 9.61. The van der Waals surface area contributed by atoms with Crippen molar-refractivity contribution in [3.8, 4) is 0 Å². The van der Waals surface area contributed by atoms with Crippen LogP contribution in [0.25, 0.3) is 0 Å². The molecule has 52 valence electrons. The highest BCUT2D eigenvalue weighted by Crippen LogP contribution is 1.83. The first-order chi connectivity index (χ1) is 4.04. The number of aliphatic hydroxyl groups is 2. The van der Waals surface area contributed by atoms with E-state index in [0.29, 0.717) is 0 Å². The molecule has 0 aliphatic heterocycles. The molecule has 0 aromatic rings. The van der Waals surface area contributed by atoms with Crippen LogP contribution in [0, 0.1) is 0 Å². The van der Waals surface area contributed by atoms with E-state index in [4.69, 9.17) is 10.2 Å². The number of aliphatic carboxylic acids is 1. The molecule has 0 heterocycles. The first-order valence-corrected chi connectivity index (χ1v) is 2.00. The van der Waals surface area contributed by atoms with Gasteiger partial charge in [0.1, 0.15) is 6.10 Å². The highest BCUT2D eigenvalue weighted by molar-refractivity contribution is 5.71. The molecule has 0 bridgehead atoms. The van der Waals surface area contributed by atoms with Crippen molar-refractivity contribution in [3.05, 3.63) is 12.0 Å². The highest BCUT2D eigenvalue weighted by atomic mass is 16.5. The third kappa shape index (κ3) is 3.36. The van der Waals surface area contributed by atoms with Crippen molar-refractivity contribution in [3.63, 3.8) is 0 Å². The van der Waals surface area contributed by atoms with Gasteiger partial charge in [0.25, 0.3) is 0 Å². The van der Waals surface area contributed by atoms with Gasteiger partial charge in [0.15, 0.2) is 0 Å². The lowest BCUT2D eigenvalue weighted by Gasteiger charge is -2.07. The van der Waals surface area contributed by atoms with E-state index in [1.54, 1.807) is 0 Å². The van der Waals surface area contributed by atoms with Crippen molar-refractivity contribution in [1.82, 2.24) is 0 Å². The van der Waals surface area contributed by atoms with Crippen molar-refractivity contribution >= 4 is 5.97 Å². The quantitative estimate of drug-likeness (QED) is 0.386. The van der Waals surface area contributed by atoms with Gasteiger partial charge in [-0.1, -0.05) is 0 Å². The lowest BCUT2D eigenvalue weighted by atomic mass is 10.3. The Morgan fingerprint density at radius 2 is 2.00 bits per heavy atom. The smallest absolute Gasteiger partial charge is 0.113 e. The number of carboxylic acid groups (broad SMARTS) is 1. The molecule has 0 rings (SSSR count). The summed E-state index contributed by atoms with van der Waals surface area (Å²) in [5.41, 5.74) is 0. The Morgan fingerprint density at radius 3 is 2.11 bits per heavy atom. The molecule has 0 radical (unpaired) electrons. The predicted molar refractivity (Wildman–Crippen MR) is 21.7 cm³/mol. The Balaban J connectivity index is 3.91. The van der Waals surface area contributed by atoms with E-state index in [1.165, 1.54) is 0 Å². The van der Waals surface area contributed by atoms with Gasteiger partial charge >= 0.3 is 0 Å². The van der Waals surface area contributed by atoms with Crippen LogP contribution in [0.3, 0.4) is 0 Å². The number of carbonyl (C=O) groups is 1. The molecule has 0 aromatic carbocycles. The second-order valence-electron chi connectivity index (χ2n) is 1.27. The molecule has 5 nitrogen and oxygen atoms in total. The molecule has 0 saturated carbocycles. The van der Waals surface area contributed by atoms with E-state index in [9.17, 15) is 15.0 Å². The molecule has 0 spiro atoms. The fourth-order valence-electron chi connectivity index (χ4n) is 0.203. The fourth-order valence-corrected chi connectivity index (χ4v) is 0.203. The molecule has 0 aromatic heterocycles. The molecule has 0 amide bonds. The van der Waals surface area contributed by atoms with Crippen molar-refractivity contribution in [2.45, 2.75) is 6.10 Å². The van der Waals surface area contributed by atoms with Gasteiger partial charge in [-0.2, -0.15) is 0 Å². The standard InChI is InChI=1S/C4H6O5/c5-2(4(8)9)1-3(6)7/h1-2,5-7H,(H,8,9)/p-2/t2-/m1/s1. The minimum absolute atomic E-state index is 0.218. The number of hydrogen-bond donors (Lipinski definition) is 2. The molecule has 0 saturated heterocycles. The number of carbonyl (C=O) groups excluding carboxylic acids is 1. The molecule has 2 N–H and O–H groups in total. The van der Waals surface area contributed by atoms with E-state index in [1.807, 2.05) is 0 Å². The molecule has 1 atom stereocenters. The largest absolute Gasteiger partial charge is 0.629 e. The van der Waals surface area contributed by atoms with Crippen LogP contribution in [-0.4, -0.2) is 22.3 Å². The van der Waals surface area contributed by atoms with Crippen LogP contribution in [0.1, 0.15) is 0 Å². The van der Waals surface area contributed by atoms with Gasteiger partial charge in [-0.3, -0.25) is 0 Å². The Labute approximate surface area is 50.5 Å². The molecule has 0 aliphatic rings. The summed E-state index contributed by atoms with van der Waals surface area (Å²) in [5.74, 6) is -3.32. The number of aliphatic hydroxyl groups excluding tert-OH is 2. The van der Waals surface area contributed by atoms with Crippen molar-refractivity contribution in [2.75, 3.05) is 0 Å². The van der Waals surface area contributed by atoms with Crippen molar-refractivity contribution in [1.29, 1.82) is 0 Å². The molecule has 0 unspecified atom stereocenters. The summed E-state index contributed by atoms with van der Waals surface area (Å²) in [6.07, 6.45) is -1.81. The van der Waals surface area contributed by atoms with E-state index < -0.39 is 18.0 Å². The summed E-state index contributed by atoms with van der Waals surface area (Å²) >= 11 is 0. The van der Waals surface area contributed by atoms with Crippen molar-refractivity contribution < 1.29 is 25.2 Å². The van der Waals surface area contributed by atoms with Crippen LogP contribution in [0.15, 0.2) is 12.0 Å². The Kier molecular flexibility index (Phi) is 2.53. The van der Waals surface area contributed by atoms with E-state index in [0.717, 1.165) is 0 Å². The van der Waals surface area contributed by atoms with Crippen LogP contribution >= 0.6 is 0 Å². The molecular formula is C4H4O5-2. The summed E-state index contributed by atoms with van der Waals surface area (Å²) in [6.45, 7) is 0. The van der Waals surface area contributed by atoms with Crippen LogP contribution < -0.4 is 10.2 Å². The van der Waals surface area contributed by atoms with Crippen LogP contribution in [-0.2, 0) is 4.79 Å². The average molecular weight is 132 g/mol. The summed E-state index contributed by atoms with van der Waals surface area (Å²) in [5, 5.41) is 35.2. The lowest BCUT2D eigenvalue weighted by Crippen LogP contribution is -2.34. The Hall–Kier alpha value is -1.23. The molecule has 0 fully saturated rings. The molecular weight excluding hydrogens is 128 g/mol.